The molecule has 5 heteroatoms. The molecule has 0 bridgehead atoms. The minimum absolute atomic E-state index is 0.0204. The van der Waals surface area contributed by atoms with E-state index in [2.05, 4.69) is 5.32 Å². The molecule has 0 aromatic heterocycles. The van der Waals surface area contributed by atoms with Crippen LogP contribution in [0.3, 0.4) is 0 Å². The maximum atomic E-state index is 11.8. The number of fused-ring (bicyclic) bond motifs is 1. The van der Waals surface area contributed by atoms with Gasteiger partial charge in [-0.25, -0.2) is 0 Å². The Hall–Kier alpha value is -2.01. The number of nitrogens with zero attached hydrogens (tertiary/aromatic N) is 1. The summed E-state index contributed by atoms with van der Waals surface area (Å²) >= 11 is 0. The van der Waals surface area contributed by atoms with E-state index in [4.69, 9.17) is 9.47 Å². The number of benzene rings is 1. The topological polar surface area (TPSA) is 50.8 Å². The Morgan fingerprint density at radius 2 is 2.21 bits per heavy atom. The van der Waals surface area contributed by atoms with Crippen LogP contribution in [0.5, 0.6) is 11.5 Å². The molecule has 1 amide bonds. The van der Waals surface area contributed by atoms with Crippen molar-refractivity contribution in [3.05, 3.63) is 29.8 Å². The van der Waals surface area contributed by atoms with Gasteiger partial charge in [0.15, 0.2) is 11.5 Å². The minimum Gasteiger partial charge on any atom is -0.454 e. The molecule has 0 spiro atoms. The van der Waals surface area contributed by atoms with Crippen LogP contribution >= 0.6 is 0 Å². The monoisotopic (exact) mass is 262 g/mol. The number of likely N-dealkylation sites (N-methyl/N-ethyl adjacent to an activating group) is 2. The first-order valence-electron chi connectivity index (χ1n) is 6.18. The quantitative estimate of drug-likeness (QED) is 0.808. The van der Waals surface area contributed by atoms with E-state index in [0.717, 1.165) is 23.6 Å². The number of amides is 1. The van der Waals surface area contributed by atoms with Gasteiger partial charge >= 0.3 is 0 Å². The Morgan fingerprint density at radius 3 is 3.00 bits per heavy atom. The number of rotatable bonds is 5. The second kappa shape index (κ2) is 6.24. The van der Waals surface area contributed by atoms with Crippen molar-refractivity contribution in [2.75, 3.05) is 34.0 Å². The lowest BCUT2D eigenvalue weighted by molar-refractivity contribution is -0.124. The molecule has 1 heterocycles. The third-order valence-corrected chi connectivity index (χ3v) is 2.89. The van der Waals surface area contributed by atoms with E-state index in [1.807, 2.05) is 25.2 Å². The molecular formula is C14H18N2O3. The van der Waals surface area contributed by atoms with Gasteiger partial charge in [-0.1, -0.05) is 6.07 Å². The Kier molecular flexibility index (Phi) is 4.41. The molecule has 1 N–H and O–H groups in total. The van der Waals surface area contributed by atoms with Crippen LogP contribution in [0.1, 0.15) is 5.56 Å². The summed E-state index contributed by atoms with van der Waals surface area (Å²) in [6.07, 6.45) is 3.34. The highest BCUT2D eigenvalue weighted by molar-refractivity contribution is 5.91. The molecule has 19 heavy (non-hydrogen) atoms. The normalized spacial score (nSPS) is 12.9. The number of hydrogen-bond donors (Lipinski definition) is 1. The van der Waals surface area contributed by atoms with E-state index in [-0.39, 0.29) is 12.7 Å². The van der Waals surface area contributed by atoms with Gasteiger partial charge in [0.25, 0.3) is 0 Å². The van der Waals surface area contributed by atoms with Crippen molar-refractivity contribution >= 4 is 12.0 Å². The molecule has 1 aliphatic heterocycles. The number of carbonyl (C=O) groups excluding carboxylic acids is 1. The van der Waals surface area contributed by atoms with Crippen molar-refractivity contribution in [1.82, 2.24) is 10.2 Å². The van der Waals surface area contributed by atoms with Crippen LogP contribution in [-0.2, 0) is 4.79 Å². The summed E-state index contributed by atoms with van der Waals surface area (Å²) in [4.78, 5) is 13.5. The molecule has 0 atom stereocenters. The summed E-state index contributed by atoms with van der Waals surface area (Å²) in [5, 5.41) is 3.01. The Bertz CT molecular complexity index is 486. The Balaban J connectivity index is 1.96. The van der Waals surface area contributed by atoms with Crippen LogP contribution in [0.25, 0.3) is 6.08 Å². The molecule has 0 radical (unpaired) electrons. The lowest BCUT2D eigenvalue weighted by atomic mass is 10.2. The first-order chi connectivity index (χ1) is 9.20. The van der Waals surface area contributed by atoms with Crippen molar-refractivity contribution in [1.29, 1.82) is 0 Å². The summed E-state index contributed by atoms with van der Waals surface area (Å²) in [7, 11) is 3.64. The van der Waals surface area contributed by atoms with Crippen LogP contribution in [0.2, 0.25) is 0 Å². The average molecular weight is 262 g/mol. The van der Waals surface area contributed by atoms with Gasteiger partial charge in [0.2, 0.25) is 12.7 Å². The third-order valence-electron chi connectivity index (χ3n) is 2.89. The van der Waals surface area contributed by atoms with E-state index in [1.54, 1.807) is 24.1 Å². The van der Waals surface area contributed by atoms with Gasteiger partial charge in [-0.3, -0.25) is 4.79 Å². The third kappa shape index (κ3) is 3.48. The predicted molar refractivity (Wildman–Crippen MR) is 73.2 cm³/mol. The number of ether oxygens (including phenoxy) is 2. The molecule has 0 fully saturated rings. The van der Waals surface area contributed by atoms with E-state index >= 15 is 0 Å². The van der Waals surface area contributed by atoms with Crippen LogP contribution in [-0.4, -0.2) is 44.8 Å². The standard InChI is InChI=1S/C14H18N2O3/c1-15-7-8-16(2)14(17)6-4-11-3-5-12-13(9-11)19-10-18-12/h3-6,9,15H,7-8,10H2,1-2H3. The van der Waals surface area contributed by atoms with Crippen molar-refractivity contribution in [3.8, 4) is 11.5 Å². The largest absolute Gasteiger partial charge is 0.454 e. The summed E-state index contributed by atoms with van der Waals surface area (Å²) in [6.45, 7) is 1.72. The molecule has 5 nitrogen and oxygen atoms in total. The molecule has 1 aromatic rings. The molecule has 1 aromatic carbocycles. The van der Waals surface area contributed by atoms with Gasteiger partial charge in [-0.15, -0.1) is 0 Å². The number of nitrogens with one attached hydrogen (secondary N) is 1. The fourth-order valence-electron chi connectivity index (χ4n) is 1.70. The highest BCUT2D eigenvalue weighted by atomic mass is 16.7. The molecule has 1 aliphatic rings. The molecule has 0 saturated heterocycles. The second-order valence-corrected chi connectivity index (χ2v) is 4.31. The first kappa shape index (κ1) is 13.4. The van der Waals surface area contributed by atoms with E-state index < -0.39 is 0 Å². The van der Waals surface area contributed by atoms with Crippen molar-refractivity contribution < 1.29 is 14.3 Å². The Labute approximate surface area is 112 Å². The highest BCUT2D eigenvalue weighted by Gasteiger charge is 2.12. The zero-order chi connectivity index (χ0) is 13.7. The zero-order valence-corrected chi connectivity index (χ0v) is 11.2. The van der Waals surface area contributed by atoms with Gasteiger partial charge in [0, 0.05) is 26.2 Å². The van der Waals surface area contributed by atoms with Crippen molar-refractivity contribution in [3.63, 3.8) is 0 Å². The molecule has 0 unspecified atom stereocenters. The molecule has 102 valence electrons. The lowest BCUT2D eigenvalue weighted by Crippen LogP contribution is -2.31. The molecule has 0 aliphatic carbocycles. The number of carbonyl (C=O) groups is 1. The van der Waals surface area contributed by atoms with Crippen LogP contribution < -0.4 is 14.8 Å². The molecular weight excluding hydrogens is 244 g/mol. The van der Waals surface area contributed by atoms with Gasteiger partial charge < -0.3 is 19.7 Å². The van der Waals surface area contributed by atoms with E-state index in [0.29, 0.717) is 6.54 Å². The van der Waals surface area contributed by atoms with E-state index in [1.165, 1.54) is 0 Å². The molecule has 0 saturated carbocycles. The number of hydrogen-bond acceptors (Lipinski definition) is 4. The van der Waals surface area contributed by atoms with Crippen LogP contribution in [0.15, 0.2) is 24.3 Å². The first-order valence-corrected chi connectivity index (χ1v) is 6.18. The highest BCUT2D eigenvalue weighted by Crippen LogP contribution is 2.32. The summed E-state index contributed by atoms with van der Waals surface area (Å²) in [6, 6.07) is 5.60. The summed E-state index contributed by atoms with van der Waals surface area (Å²) in [5.41, 5.74) is 0.916. The average Bonchev–Trinajstić information content (AvgIpc) is 2.89. The Morgan fingerprint density at radius 1 is 1.42 bits per heavy atom. The SMILES string of the molecule is CNCCN(C)C(=O)C=Cc1ccc2c(c1)OCO2. The van der Waals surface area contributed by atoms with Crippen molar-refractivity contribution in [2.45, 2.75) is 0 Å². The molecule has 2 rings (SSSR count). The van der Waals surface area contributed by atoms with E-state index in [9.17, 15) is 4.79 Å². The van der Waals surface area contributed by atoms with Crippen LogP contribution in [0.4, 0.5) is 0 Å². The maximum absolute atomic E-state index is 11.8. The minimum atomic E-state index is -0.0204. The lowest BCUT2D eigenvalue weighted by Gasteiger charge is -2.14. The summed E-state index contributed by atoms with van der Waals surface area (Å²) in [5.74, 6) is 1.45. The predicted octanol–water partition coefficient (Wildman–Crippen LogP) is 1.11. The maximum Gasteiger partial charge on any atom is 0.246 e. The van der Waals surface area contributed by atoms with Crippen LogP contribution in [0, 0.1) is 0 Å². The smallest absolute Gasteiger partial charge is 0.246 e. The van der Waals surface area contributed by atoms with Gasteiger partial charge in [-0.2, -0.15) is 0 Å². The van der Waals surface area contributed by atoms with Gasteiger partial charge in [0.05, 0.1) is 0 Å². The fourth-order valence-corrected chi connectivity index (χ4v) is 1.70. The second-order valence-electron chi connectivity index (χ2n) is 4.31. The van der Waals surface area contributed by atoms with Gasteiger partial charge in [-0.05, 0) is 30.8 Å². The van der Waals surface area contributed by atoms with Crippen molar-refractivity contribution in [2.24, 2.45) is 0 Å². The zero-order valence-electron chi connectivity index (χ0n) is 11.2. The summed E-state index contributed by atoms with van der Waals surface area (Å²) < 4.78 is 10.5. The van der Waals surface area contributed by atoms with Gasteiger partial charge in [0.1, 0.15) is 0 Å². The fraction of sp³-hybridized carbons (Fsp3) is 0.357.